The molecule has 0 unspecified atom stereocenters. The van der Waals surface area contributed by atoms with Crippen LogP contribution in [0.15, 0.2) is 54.6 Å². The van der Waals surface area contributed by atoms with Gasteiger partial charge in [-0.05, 0) is 24.5 Å². The van der Waals surface area contributed by atoms with Crippen LogP contribution in [0, 0.1) is 6.92 Å². The highest BCUT2D eigenvalue weighted by Crippen LogP contribution is 2.22. The third-order valence-corrected chi connectivity index (χ3v) is 6.38. The average molecular weight is 372 g/mol. The zero-order valence-corrected chi connectivity index (χ0v) is 15.6. The van der Waals surface area contributed by atoms with Crippen molar-refractivity contribution >= 4 is 15.7 Å². The minimum absolute atomic E-state index is 0.0405. The fourth-order valence-corrected chi connectivity index (χ4v) is 4.89. The van der Waals surface area contributed by atoms with Crippen molar-refractivity contribution in [2.45, 2.75) is 25.4 Å². The van der Waals surface area contributed by atoms with Gasteiger partial charge in [0.05, 0.1) is 24.1 Å². The second kappa shape index (κ2) is 8.01. The minimum atomic E-state index is -3.00. The Bertz CT molecular complexity index is 848. The molecule has 2 atom stereocenters. The standard InChI is InChI=1S/C20H24N2O3S/c1-15-7-9-17(10-8-15)20(16-5-3-2-4-6-16)21-13-19(23)22-18-11-12-26(24,25)14-18/h2-10,18,20-21H,11-14H2,1H3,(H,22,23)/t18-,20+/m1/s1. The Labute approximate surface area is 154 Å². The molecular formula is C20H24N2O3S. The van der Waals surface area contributed by atoms with Crippen LogP contribution >= 0.6 is 0 Å². The largest absolute Gasteiger partial charge is 0.351 e. The maximum Gasteiger partial charge on any atom is 0.234 e. The molecule has 1 saturated heterocycles. The number of rotatable bonds is 6. The first-order valence-corrected chi connectivity index (χ1v) is 10.6. The highest BCUT2D eigenvalue weighted by Gasteiger charge is 2.29. The Kier molecular flexibility index (Phi) is 5.74. The van der Waals surface area contributed by atoms with Crippen LogP contribution in [0.5, 0.6) is 0 Å². The fourth-order valence-electron chi connectivity index (χ4n) is 3.21. The second-order valence-electron chi connectivity index (χ2n) is 6.80. The van der Waals surface area contributed by atoms with Gasteiger partial charge in [-0.1, -0.05) is 60.2 Å². The molecule has 0 aliphatic carbocycles. The molecule has 1 amide bonds. The lowest BCUT2D eigenvalue weighted by Gasteiger charge is -2.20. The smallest absolute Gasteiger partial charge is 0.234 e. The summed E-state index contributed by atoms with van der Waals surface area (Å²) in [5.74, 6) is 0.0142. The van der Waals surface area contributed by atoms with E-state index in [1.54, 1.807) is 0 Å². The van der Waals surface area contributed by atoms with Crippen LogP contribution in [0.2, 0.25) is 0 Å². The Morgan fingerprint density at radius 2 is 1.73 bits per heavy atom. The number of aryl methyl sites for hydroxylation is 1. The normalized spacial score (nSPS) is 19.8. The minimum Gasteiger partial charge on any atom is -0.351 e. The molecule has 1 heterocycles. The summed E-state index contributed by atoms with van der Waals surface area (Å²) in [5.41, 5.74) is 3.34. The van der Waals surface area contributed by atoms with Crippen LogP contribution in [0.3, 0.4) is 0 Å². The molecule has 5 nitrogen and oxygen atoms in total. The molecule has 3 rings (SSSR count). The lowest BCUT2D eigenvalue weighted by Crippen LogP contribution is -2.42. The summed E-state index contributed by atoms with van der Waals surface area (Å²) in [5, 5.41) is 6.13. The van der Waals surface area contributed by atoms with Crippen molar-refractivity contribution in [2.24, 2.45) is 0 Å². The van der Waals surface area contributed by atoms with Gasteiger partial charge in [-0.2, -0.15) is 0 Å². The van der Waals surface area contributed by atoms with E-state index in [-0.39, 0.29) is 36.0 Å². The average Bonchev–Trinajstić information content (AvgIpc) is 2.96. The van der Waals surface area contributed by atoms with E-state index in [4.69, 9.17) is 0 Å². The molecule has 2 N–H and O–H groups in total. The highest BCUT2D eigenvalue weighted by atomic mass is 32.2. The summed E-state index contributed by atoms with van der Waals surface area (Å²) in [6, 6.07) is 17.8. The van der Waals surface area contributed by atoms with Gasteiger partial charge >= 0.3 is 0 Å². The quantitative estimate of drug-likeness (QED) is 0.813. The SMILES string of the molecule is Cc1ccc([C@@H](NCC(=O)N[C@@H]2CCS(=O)(=O)C2)c2ccccc2)cc1. The highest BCUT2D eigenvalue weighted by molar-refractivity contribution is 7.91. The zero-order valence-electron chi connectivity index (χ0n) is 14.8. The predicted octanol–water partition coefficient (Wildman–Crippen LogP) is 1.98. The lowest BCUT2D eigenvalue weighted by molar-refractivity contribution is -0.120. The van der Waals surface area contributed by atoms with Crippen molar-refractivity contribution in [2.75, 3.05) is 18.1 Å². The van der Waals surface area contributed by atoms with E-state index in [1.165, 1.54) is 5.56 Å². The monoisotopic (exact) mass is 372 g/mol. The molecule has 0 spiro atoms. The van der Waals surface area contributed by atoms with E-state index in [9.17, 15) is 13.2 Å². The molecule has 138 valence electrons. The first-order valence-electron chi connectivity index (χ1n) is 8.78. The van der Waals surface area contributed by atoms with E-state index in [0.29, 0.717) is 6.42 Å². The van der Waals surface area contributed by atoms with Gasteiger partial charge in [-0.3, -0.25) is 10.1 Å². The Morgan fingerprint density at radius 1 is 1.08 bits per heavy atom. The topological polar surface area (TPSA) is 75.3 Å². The molecule has 1 aliphatic rings. The van der Waals surface area contributed by atoms with Crippen LogP contribution in [0.4, 0.5) is 0 Å². The van der Waals surface area contributed by atoms with Crippen molar-refractivity contribution in [1.82, 2.24) is 10.6 Å². The van der Waals surface area contributed by atoms with Gasteiger partial charge in [0, 0.05) is 6.04 Å². The van der Waals surface area contributed by atoms with E-state index in [2.05, 4.69) is 34.9 Å². The summed E-state index contributed by atoms with van der Waals surface area (Å²) in [6.07, 6.45) is 0.494. The van der Waals surface area contributed by atoms with Crippen molar-refractivity contribution in [3.05, 3.63) is 71.3 Å². The molecule has 1 aliphatic heterocycles. The molecule has 0 saturated carbocycles. The maximum absolute atomic E-state index is 12.3. The summed E-state index contributed by atoms with van der Waals surface area (Å²) < 4.78 is 23.0. The van der Waals surface area contributed by atoms with Gasteiger partial charge in [-0.15, -0.1) is 0 Å². The van der Waals surface area contributed by atoms with Crippen LogP contribution in [-0.4, -0.2) is 38.4 Å². The van der Waals surface area contributed by atoms with Crippen LogP contribution in [-0.2, 0) is 14.6 Å². The summed E-state index contributed by atoms with van der Waals surface area (Å²) in [7, 11) is -3.00. The number of amides is 1. The van der Waals surface area contributed by atoms with Gasteiger partial charge in [-0.25, -0.2) is 8.42 Å². The number of sulfone groups is 1. The number of nitrogens with one attached hydrogen (secondary N) is 2. The number of hydrogen-bond acceptors (Lipinski definition) is 4. The lowest BCUT2D eigenvalue weighted by atomic mass is 9.98. The van der Waals surface area contributed by atoms with E-state index in [0.717, 1.165) is 11.1 Å². The zero-order chi connectivity index (χ0) is 18.6. The number of carbonyl (C=O) groups is 1. The Balaban J connectivity index is 1.66. The van der Waals surface area contributed by atoms with Gasteiger partial charge in [0.1, 0.15) is 0 Å². The van der Waals surface area contributed by atoms with E-state index in [1.807, 2.05) is 37.3 Å². The molecular weight excluding hydrogens is 348 g/mol. The Morgan fingerprint density at radius 3 is 2.35 bits per heavy atom. The molecule has 0 aromatic heterocycles. The van der Waals surface area contributed by atoms with Crippen LogP contribution < -0.4 is 10.6 Å². The van der Waals surface area contributed by atoms with Crippen molar-refractivity contribution < 1.29 is 13.2 Å². The third-order valence-electron chi connectivity index (χ3n) is 4.61. The molecule has 26 heavy (non-hydrogen) atoms. The molecule has 2 aromatic rings. The summed E-state index contributed by atoms with van der Waals surface area (Å²) >= 11 is 0. The van der Waals surface area contributed by atoms with Gasteiger partial charge in [0.15, 0.2) is 9.84 Å². The second-order valence-corrected chi connectivity index (χ2v) is 9.03. The number of carbonyl (C=O) groups excluding carboxylic acids is 1. The molecule has 2 aromatic carbocycles. The van der Waals surface area contributed by atoms with Crippen LogP contribution in [0.1, 0.15) is 29.2 Å². The molecule has 0 radical (unpaired) electrons. The van der Waals surface area contributed by atoms with E-state index >= 15 is 0 Å². The Hall–Kier alpha value is -2.18. The van der Waals surface area contributed by atoms with Crippen molar-refractivity contribution in [3.63, 3.8) is 0 Å². The third kappa shape index (κ3) is 4.93. The maximum atomic E-state index is 12.3. The van der Waals surface area contributed by atoms with Crippen molar-refractivity contribution in [3.8, 4) is 0 Å². The van der Waals surface area contributed by atoms with Crippen molar-refractivity contribution in [1.29, 1.82) is 0 Å². The predicted molar refractivity (Wildman–Crippen MR) is 103 cm³/mol. The van der Waals surface area contributed by atoms with Gasteiger partial charge < -0.3 is 5.32 Å². The van der Waals surface area contributed by atoms with Gasteiger partial charge in [0.2, 0.25) is 5.91 Å². The summed E-state index contributed by atoms with van der Waals surface area (Å²) in [4.78, 5) is 12.3. The molecule has 1 fully saturated rings. The van der Waals surface area contributed by atoms with Gasteiger partial charge in [0.25, 0.3) is 0 Å². The summed E-state index contributed by atoms with van der Waals surface area (Å²) in [6.45, 7) is 2.17. The number of hydrogen-bond donors (Lipinski definition) is 2. The first kappa shape index (κ1) is 18.6. The molecule has 0 bridgehead atoms. The van der Waals surface area contributed by atoms with Crippen LogP contribution in [0.25, 0.3) is 0 Å². The fraction of sp³-hybridized carbons (Fsp3) is 0.350. The van der Waals surface area contributed by atoms with E-state index < -0.39 is 9.84 Å². The number of benzene rings is 2. The first-order chi connectivity index (χ1) is 12.4. The molecule has 6 heteroatoms.